The molecule has 0 aliphatic carbocycles. The van der Waals surface area contributed by atoms with E-state index in [9.17, 15) is 0 Å². The van der Waals surface area contributed by atoms with Crippen molar-refractivity contribution in [3.05, 3.63) is 12.2 Å². The molecular weight excluding hydrogens is 259 g/mol. The molecule has 0 radical (unpaired) electrons. The van der Waals surface area contributed by atoms with E-state index >= 15 is 0 Å². The molecular formula is C16H34ClP. The van der Waals surface area contributed by atoms with Crippen LogP contribution in [0.25, 0.3) is 0 Å². The third kappa shape index (κ3) is 2.96. The monoisotopic (exact) mass is 292 g/mol. The first-order valence-electron chi connectivity index (χ1n) is 7.00. The Morgan fingerprint density at radius 2 is 1.06 bits per heavy atom. The molecule has 18 heavy (non-hydrogen) atoms. The van der Waals surface area contributed by atoms with Gasteiger partial charge in [0.1, 0.15) is 0 Å². The molecule has 0 aliphatic rings. The van der Waals surface area contributed by atoms with Gasteiger partial charge in [0.15, 0.2) is 0 Å². The van der Waals surface area contributed by atoms with Gasteiger partial charge in [0.25, 0.3) is 0 Å². The Labute approximate surface area is 121 Å². The normalized spacial score (nSPS) is 18.2. The van der Waals surface area contributed by atoms with Crippen LogP contribution in [0.4, 0.5) is 0 Å². The number of rotatable bonds is 2. The van der Waals surface area contributed by atoms with Crippen LogP contribution in [-0.4, -0.2) is 20.6 Å². The Morgan fingerprint density at radius 3 is 1.22 bits per heavy atom. The Morgan fingerprint density at radius 1 is 0.778 bits per heavy atom. The molecule has 0 bridgehead atoms. The molecule has 2 heteroatoms. The molecule has 0 amide bonds. The zero-order valence-corrected chi connectivity index (χ0v) is 15.9. The maximum atomic E-state index is 6.93. The van der Waals surface area contributed by atoms with E-state index in [0.29, 0.717) is 0 Å². The van der Waals surface area contributed by atoms with Crippen molar-refractivity contribution in [3.8, 4) is 0 Å². The second-order valence-corrected chi connectivity index (χ2v) is 16.1. The molecule has 0 aliphatic heterocycles. The predicted octanol–water partition coefficient (Wildman–Crippen LogP) is 6.27. The van der Waals surface area contributed by atoms with E-state index in [1.54, 1.807) is 0 Å². The van der Waals surface area contributed by atoms with Gasteiger partial charge >= 0.3 is 121 Å². The van der Waals surface area contributed by atoms with Crippen molar-refractivity contribution in [3.63, 3.8) is 0 Å². The van der Waals surface area contributed by atoms with Crippen LogP contribution < -0.4 is 0 Å². The molecule has 0 rings (SSSR count). The molecule has 0 fully saturated rings. The summed E-state index contributed by atoms with van der Waals surface area (Å²) in [6.45, 7) is 23.5. The van der Waals surface area contributed by atoms with Crippen molar-refractivity contribution in [2.75, 3.05) is 0 Å². The zero-order valence-electron chi connectivity index (χ0n) is 14.1. The molecule has 1 atom stereocenters. The summed E-state index contributed by atoms with van der Waals surface area (Å²) in [5.41, 5.74) is 0. The van der Waals surface area contributed by atoms with Crippen molar-refractivity contribution in [2.45, 2.75) is 89.8 Å². The Kier molecular flexibility index (Phi) is 5.59. The third-order valence-electron chi connectivity index (χ3n) is 4.32. The molecule has 0 saturated heterocycles. The van der Waals surface area contributed by atoms with Gasteiger partial charge in [-0.2, -0.15) is 0 Å². The first-order valence-corrected chi connectivity index (χ1v) is 9.51. The Balaban J connectivity index is 6.26. The van der Waals surface area contributed by atoms with Gasteiger partial charge in [-0.3, -0.25) is 0 Å². The van der Waals surface area contributed by atoms with Gasteiger partial charge in [0, 0.05) is 0 Å². The summed E-state index contributed by atoms with van der Waals surface area (Å²) in [7, 11) is -1.85. The number of hydrogen-bond donors (Lipinski definition) is 0. The molecule has 0 spiro atoms. The minimum atomic E-state index is -1.85. The van der Waals surface area contributed by atoms with E-state index in [-0.39, 0.29) is 20.6 Å². The second-order valence-electron chi connectivity index (χ2n) is 8.49. The third-order valence-corrected chi connectivity index (χ3v) is 13.6. The Bertz CT molecular complexity index is 260. The molecule has 0 aromatic carbocycles. The molecule has 0 N–H and O–H groups in total. The molecule has 0 aromatic rings. The van der Waals surface area contributed by atoms with Gasteiger partial charge in [-0.25, -0.2) is 0 Å². The van der Waals surface area contributed by atoms with E-state index in [1.165, 1.54) is 0 Å². The first kappa shape index (κ1) is 18.5. The fourth-order valence-corrected chi connectivity index (χ4v) is 17.7. The molecule has 0 nitrogen and oxygen atoms in total. The number of alkyl halides is 1. The molecule has 0 aromatic heterocycles. The van der Waals surface area contributed by atoms with Crippen LogP contribution >= 0.6 is 18.9 Å². The summed E-state index contributed by atoms with van der Waals surface area (Å²) in [5, 5.41) is 0.947. The maximum absolute atomic E-state index is 6.93. The average Bonchev–Trinajstić information content (AvgIpc) is 1.94. The Hall–Kier alpha value is 0.460. The SMILES string of the molecule is C/C=C/C(Cl)[PH](C(C)(C)C)(C(C)(C)C)C(C)(C)C. The van der Waals surface area contributed by atoms with Crippen molar-refractivity contribution >= 4 is 18.9 Å². The van der Waals surface area contributed by atoms with Crippen LogP contribution in [0.15, 0.2) is 12.2 Å². The van der Waals surface area contributed by atoms with Crippen molar-refractivity contribution in [2.24, 2.45) is 0 Å². The summed E-state index contributed by atoms with van der Waals surface area (Å²) in [6.07, 6.45) is 4.33. The van der Waals surface area contributed by atoms with Gasteiger partial charge in [-0.15, -0.1) is 0 Å². The van der Waals surface area contributed by atoms with Crippen LogP contribution in [-0.2, 0) is 0 Å². The summed E-state index contributed by atoms with van der Waals surface area (Å²) < 4.78 is 0. The summed E-state index contributed by atoms with van der Waals surface area (Å²) >= 11 is 6.93. The molecule has 1 unspecified atom stereocenters. The first-order chi connectivity index (χ1) is 7.73. The van der Waals surface area contributed by atoms with E-state index in [1.807, 2.05) is 0 Å². The van der Waals surface area contributed by atoms with Gasteiger partial charge in [0.05, 0.1) is 0 Å². The molecule has 110 valence electrons. The predicted molar refractivity (Wildman–Crippen MR) is 92.0 cm³/mol. The van der Waals surface area contributed by atoms with Gasteiger partial charge in [0.2, 0.25) is 0 Å². The van der Waals surface area contributed by atoms with Crippen molar-refractivity contribution in [1.82, 2.24) is 0 Å². The number of allylic oxidation sites excluding steroid dienone is 2. The van der Waals surface area contributed by atoms with Crippen LogP contribution in [0.5, 0.6) is 0 Å². The van der Waals surface area contributed by atoms with Crippen LogP contribution in [0, 0.1) is 0 Å². The van der Waals surface area contributed by atoms with E-state index < -0.39 is 7.26 Å². The molecule has 0 saturated carbocycles. The standard InChI is InChI=1S/C16H34ClP/c1-11-12-13(17)18(14(2,3)4,15(5,6)7)16(8,9)10/h11-13,18H,1-10H3/b12-11+. The summed E-state index contributed by atoms with van der Waals surface area (Å²) in [4.78, 5) is 0. The van der Waals surface area contributed by atoms with Crippen molar-refractivity contribution < 1.29 is 0 Å². The van der Waals surface area contributed by atoms with Crippen LogP contribution in [0.3, 0.4) is 0 Å². The second kappa shape index (κ2) is 5.45. The number of hydrogen-bond acceptors (Lipinski definition) is 0. The average molecular weight is 293 g/mol. The summed E-state index contributed by atoms with van der Waals surface area (Å²) in [6, 6.07) is 0. The van der Waals surface area contributed by atoms with Gasteiger partial charge in [-0.1, -0.05) is 0 Å². The van der Waals surface area contributed by atoms with Crippen molar-refractivity contribution in [1.29, 1.82) is 0 Å². The van der Waals surface area contributed by atoms with Crippen LogP contribution in [0.1, 0.15) is 69.2 Å². The molecule has 0 heterocycles. The van der Waals surface area contributed by atoms with E-state index in [0.717, 1.165) is 0 Å². The minimum absolute atomic E-state index is 0.169. The fourth-order valence-electron chi connectivity index (χ4n) is 4.93. The quantitative estimate of drug-likeness (QED) is 0.319. The van der Waals surface area contributed by atoms with Gasteiger partial charge < -0.3 is 0 Å². The van der Waals surface area contributed by atoms with E-state index in [4.69, 9.17) is 11.6 Å². The van der Waals surface area contributed by atoms with Gasteiger partial charge in [-0.05, 0) is 0 Å². The number of halogens is 1. The van der Waals surface area contributed by atoms with E-state index in [2.05, 4.69) is 81.4 Å². The zero-order chi connectivity index (χ0) is 15.0. The summed E-state index contributed by atoms with van der Waals surface area (Å²) in [5.74, 6) is 0. The fraction of sp³-hybridized carbons (Fsp3) is 0.875. The topological polar surface area (TPSA) is 0 Å². The van der Waals surface area contributed by atoms with Crippen LogP contribution in [0.2, 0.25) is 0 Å².